The van der Waals surface area contributed by atoms with Gasteiger partial charge >= 0.3 is 0 Å². The summed E-state index contributed by atoms with van der Waals surface area (Å²) in [5.74, 6) is 0.732. The van der Waals surface area contributed by atoms with Gasteiger partial charge in [-0.1, -0.05) is 19.1 Å². The van der Waals surface area contributed by atoms with Gasteiger partial charge in [-0.25, -0.2) is 4.39 Å². The number of carbonyl (C=O) groups is 2. The molecule has 0 radical (unpaired) electrons. The second kappa shape index (κ2) is 7.98. The summed E-state index contributed by atoms with van der Waals surface area (Å²) in [6, 6.07) is 6.19. The fraction of sp³-hybridized carbons (Fsp3) is 0.600. The highest BCUT2D eigenvalue weighted by Crippen LogP contribution is 2.24. The first-order valence-corrected chi connectivity index (χ1v) is 9.34. The summed E-state index contributed by atoms with van der Waals surface area (Å²) >= 11 is 0. The van der Waals surface area contributed by atoms with Crippen molar-refractivity contribution in [3.05, 3.63) is 35.6 Å². The Kier molecular flexibility index (Phi) is 5.71. The van der Waals surface area contributed by atoms with E-state index in [2.05, 4.69) is 6.92 Å². The molecule has 0 bridgehead atoms. The number of benzene rings is 1. The van der Waals surface area contributed by atoms with Gasteiger partial charge in [-0.3, -0.25) is 9.59 Å². The summed E-state index contributed by atoms with van der Waals surface area (Å²) < 4.78 is 13.2. The molecule has 2 amide bonds. The predicted molar refractivity (Wildman–Crippen MR) is 94.4 cm³/mol. The number of hydrogen-bond acceptors (Lipinski definition) is 2. The topological polar surface area (TPSA) is 40.6 Å². The molecule has 2 aliphatic rings. The summed E-state index contributed by atoms with van der Waals surface area (Å²) in [4.78, 5) is 28.9. The summed E-state index contributed by atoms with van der Waals surface area (Å²) in [5.41, 5.74) is 0.700. The maximum atomic E-state index is 13.2. The lowest BCUT2D eigenvalue weighted by atomic mass is 9.92. The van der Waals surface area contributed by atoms with Crippen LogP contribution in [0.25, 0.3) is 0 Å². The van der Waals surface area contributed by atoms with Gasteiger partial charge in [-0.2, -0.15) is 0 Å². The van der Waals surface area contributed by atoms with Crippen LogP contribution in [0.5, 0.6) is 0 Å². The minimum absolute atomic E-state index is 0.0169. The summed E-state index contributed by atoms with van der Waals surface area (Å²) in [6.45, 7) is 5.23. The Labute approximate surface area is 149 Å². The SMILES string of the molecule is CC1CCN(C(=O)C2CCN(C(=O)Cc3cccc(F)c3)CC2)CC1. The third-order valence-electron chi connectivity index (χ3n) is 5.54. The highest BCUT2D eigenvalue weighted by atomic mass is 19.1. The molecule has 0 N–H and O–H groups in total. The molecule has 136 valence electrons. The van der Waals surface area contributed by atoms with E-state index in [1.54, 1.807) is 12.1 Å². The van der Waals surface area contributed by atoms with Crippen molar-refractivity contribution >= 4 is 11.8 Å². The van der Waals surface area contributed by atoms with Crippen molar-refractivity contribution in [2.24, 2.45) is 11.8 Å². The van der Waals surface area contributed by atoms with E-state index in [-0.39, 0.29) is 30.0 Å². The van der Waals surface area contributed by atoms with Gasteiger partial charge in [-0.05, 0) is 49.3 Å². The van der Waals surface area contributed by atoms with E-state index >= 15 is 0 Å². The van der Waals surface area contributed by atoms with Gasteiger partial charge in [0.15, 0.2) is 0 Å². The van der Waals surface area contributed by atoms with E-state index in [9.17, 15) is 14.0 Å². The van der Waals surface area contributed by atoms with Gasteiger partial charge in [0.2, 0.25) is 11.8 Å². The first-order valence-electron chi connectivity index (χ1n) is 9.34. The van der Waals surface area contributed by atoms with E-state index in [1.807, 2.05) is 9.80 Å². The summed E-state index contributed by atoms with van der Waals surface area (Å²) in [7, 11) is 0. The molecule has 0 spiro atoms. The number of amides is 2. The number of halogens is 1. The molecule has 0 aliphatic carbocycles. The largest absolute Gasteiger partial charge is 0.342 e. The maximum Gasteiger partial charge on any atom is 0.226 e. The van der Waals surface area contributed by atoms with Gasteiger partial charge in [0.25, 0.3) is 0 Å². The smallest absolute Gasteiger partial charge is 0.226 e. The molecule has 5 heteroatoms. The quantitative estimate of drug-likeness (QED) is 0.844. The summed E-state index contributed by atoms with van der Waals surface area (Å²) in [5, 5.41) is 0. The van der Waals surface area contributed by atoms with Crippen molar-refractivity contribution in [3.8, 4) is 0 Å². The van der Waals surface area contributed by atoms with Crippen molar-refractivity contribution in [1.29, 1.82) is 0 Å². The minimum Gasteiger partial charge on any atom is -0.342 e. The van der Waals surface area contributed by atoms with Crippen LogP contribution in [0.2, 0.25) is 0 Å². The lowest BCUT2D eigenvalue weighted by Crippen LogP contribution is -2.46. The Bertz CT molecular complexity index is 618. The molecule has 2 fully saturated rings. The molecular weight excluding hydrogens is 319 g/mol. The average molecular weight is 346 g/mol. The number of piperidine rings is 2. The van der Waals surface area contributed by atoms with Gasteiger partial charge in [0.05, 0.1) is 6.42 Å². The second-order valence-corrected chi connectivity index (χ2v) is 7.47. The van der Waals surface area contributed by atoms with Crippen LogP contribution in [0.3, 0.4) is 0 Å². The zero-order valence-corrected chi connectivity index (χ0v) is 14.9. The third kappa shape index (κ3) is 4.59. The molecule has 3 rings (SSSR count). The van der Waals surface area contributed by atoms with Crippen LogP contribution in [-0.4, -0.2) is 47.8 Å². The van der Waals surface area contributed by atoms with Crippen molar-refractivity contribution in [2.75, 3.05) is 26.2 Å². The Morgan fingerprint density at radius 3 is 2.32 bits per heavy atom. The van der Waals surface area contributed by atoms with E-state index < -0.39 is 0 Å². The van der Waals surface area contributed by atoms with Crippen LogP contribution < -0.4 is 0 Å². The van der Waals surface area contributed by atoms with Gasteiger partial charge < -0.3 is 9.80 Å². The van der Waals surface area contributed by atoms with E-state index in [0.29, 0.717) is 24.6 Å². The molecule has 4 nitrogen and oxygen atoms in total. The maximum absolute atomic E-state index is 13.2. The Morgan fingerprint density at radius 1 is 1.04 bits per heavy atom. The first kappa shape index (κ1) is 17.9. The van der Waals surface area contributed by atoms with Crippen molar-refractivity contribution in [1.82, 2.24) is 9.80 Å². The molecule has 2 heterocycles. The molecule has 25 heavy (non-hydrogen) atoms. The van der Waals surface area contributed by atoms with Crippen LogP contribution in [0.15, 0.2) is 24.3 Å². The zero-order chi connectivity index (χ0) is 17.8. The number of nitrogens with zero attached hydrogens (tertiary/aromatic N) is 2. The van der Waals surface area contributed by atoms with Gasteiger partial charge in [-0.15, -0.1) is 0 Å². The standard InChI is InChI=1S/C20H27FN2O2/c1-15-5-9-23(10-6-15)20(25)17-7-11-22(12-8-17)19(24)14-16-3-2-4-18(21)13-16/h2-4,13,15,17H,5-12,14H2,1H3. The number of rotatable bonds is 3. The van der Waals surface area contributed by atoms with Crippen molar-refractivity contribution in [2.45, 2.75) is 39.0 Å². The molecular formula is C20H27FN2O2. The average Bonchev–Trinajstić information content (AvgIpc) is 2.62. The normalized spacial score (nSPS) is 19.9. The van der Waals surface area contributed by atoms with Crippen LogP contribution in [-0.2, 0) is 16.0 Å². The zero-order valence-electron chi connectivity index (χ0n) is 14.9. The van der Waals surface area contributed by atoms with Crippen LogP contribution in [0.1, 0.15) is 38.2 Å². The molecule has 2 aliphatic heterocycles. The van der Waals surface area contributed by atoms with Crippen LogP contribution in [0.4, 0.5) is 4.39 Å². The van der Waals surface area contributed by atoms with E-state index in [0.717, 1.165) is 38.8 Å². The Morgan fingerprint density at radius 2 is 1.68 bits per heavy atom. The number of carbonyl (C=O) groups excluding carboxylic acids is 2. The first-order chi connectivity index (χ1) is 12.0. The molecule has 0 atom stereocenters. The van der Waals surface area contributed by atoms with Crippen molar-refractivity contribution in [3.63, 3.8) is 0 Å². The molecule has 0 saturated carbocycles. The fourth-order valence-corrected chi connectivity index (χ4v) is 3.80. The highest BCUT2D eigenvalue weighted by Gasteiger charge is 2.31. The third-order valence-corrected chi connectivity index (χ3v) is 5.54. The Balaban J connectivity index is 1.48. The van der Waals surface area contributed by atoms with Crippen LogP contribution in [0, 0.1) is 17.7 Å². The lowest BCUT2D eigenvalue weighted by molar-refractivity contribution is -0.141. The second-order valence-electron chi connectivity index (χ2n) is 7.47. The van der Waals surface area contributed by atoms with E-state index in [4.69, 9.17) is 0 Å². The van der Waals surface area contributed by atoms with Gasteiger partial charge in [0, 0.05) is 32.1 Å². The fourth-order valence-electron chi connectivity index (χ4n) is 3.80. The molecule has 0 aromatic heterocycles. The van der Waals surface area contributed by atoms with Crippen LogP contribution >= 0.6 is 0 Å². The molecule has 2 saturated heterocycles. The Hall–Kier alpha value is -1.91. The minimum atomic E-state index is -0.314. The monoisotopic (exact) mass is 346 g/mol. The predicted octanol–water partition coefficient (Wildman–Crippen LogP) is 2.87. The molecule has 1 aromatic carbocycles. The van der Waals surface area contributed by atoms with Crippen molar-refractivity contribution < 1.29 is 14.0 Å². The lowest BCUT2D eigenvalue weighted by Gasteiger charge is -2.36. The number of hydrogen-bond donors (Lipinski definition) is 0. The highest BCUT2D eigenvalue weighted by molar-refractivity contribution is 5.81. The molecule has 0 unspecified atom stereocenters. The van der Waals surface area contributed by atoms with Gasteiger partial charge in [0.1, 0.15) is 5.82 Å². The van der Waals surface area contributed by atoms with E-state index in [1.165, 1.54) is 12.1 Å². The summed E-state index contributed by atoms with van der Waals surface area (Å²) in [6.07, 6.45) is 3.88. The number of likely N-dealkylation sites (tertiary alicyclic amines) is 2. The molecule has 1 aromatic rings.